The van der Waals surface area contributed by atoms with Crippen molar-refractivity contribution in [3.05, 3.63) is 19.9 Å². The number of piperidine rings is 1. The van der Waals surface area contributed by atoms with E-state index in [0.29, 0.717) is 12.1 Å². The predicted molar refractivity (Wildman–Crippen MR) is 82.1 cm³/mol. The predicted octanol–water partition coefficient (Wildman–Crippen LogP) is 2.71. The summed E-state index contributed by atoms with van der Waals surface area (Å²) in [5.74, 6) is 0.102. The van der Waals surface area contributed by atoms with Crippen molar-refractivity contribution in [1.29, 1.82) is 0 Å². The first kappa shape index (κ1) is 12.9. The number of hydrogen-bond donors (Lipinski definition) is 1. The molecule has 0 aliphatic carbocycles. The molecule has 1 aromatic heterocycles. The average molecular weight is 376 g/mol. The molecular formula is C13H17IN2OS. The second-order valence-corrected chi connectivity index (χ2v) is 7.97. The zero-order valence-electron chi connectivity index (χ0n) is 10.2. The van der Waals surface area contributed by atoms with Gasteiger partial charge >= 0.3 is 0 Å². The Morgan fingerprint density at radius 3 is 3.11 bits per heavy atom. The lowest BCUT2D eigenvalue weighted by molar-refractivity contribution is 0.0896. The molecule has 1 N–H and O–H groups in total. The Hall–Kier alpha value is -0.140. The van der Waals surface area contributed by atoms with Crippen LogP contribution in [0, 0.1) is 2.88 Å². The lowest BCUT2D eigenvalue weighted by atomic mass is 9.97. The highest BCUT2D eigenvalue weighted by Gasteiger charge is 2.32. The molecule has 0 aromatic carbocycles. The van der Waals surface area contributed by atoms with Crippen molar-refractivity contribution in [3.63, 3.8) is 0 Å². The van der Waals surface area contributed by atoms with E-state index in [1.54, 1.807) is 11.3 Å². The van der Waals surface area contributed by atoms with Gasteiger partial charge in [0, 0.05) is 24.0 Å². The number of fused-ring (bicyclic) bond motifs is 1. The Balaban J connectivity index is 1.58. The van der Waals surface area contributed by atoms with Gasteiger partial charge in [-0.2, -0.15) is 0 Å². The van der Waals surface area contributed by atoms with Crippen LogP contribution in [0.2, 0.25) is 0 Å². The second-order valence-electron chi connectivity index (χ2n) is 5.17. The highest BCUT2D eigenvalue weighted by Crippen LogP contribution is 2.27. The average Bonchev–Trinajstić information content (AvgIpc) is 2.96. The molecule has 1 aromatic rings. The summed E-state index contributed by atoms with van der Waals surface area (Å²) in [4.78, 5) is 14.7. The van der Waals surface area contributed by atoms with Crippen LogP contribution in [0.25, 0.3) is 0 Å². The van der Waals surface area contributed by atoms with Crippen LogP contribution in [0.1, 0.15) is 36.0 Å². The van der Waals surface area contributed by atoms with Crippen molar-refractivity contribution in [2.24, 2.45) is 0 Å². The first-order chi connectivity index (χ1) is 8.72. The number of halogens is 1. The summed E-state index contributed by atoms with van der Waals surface area (Å²) in [7, 11) is 0. The molecule has 1 amide bonds. The van der Waals surface area contributed by atoms with E-state index in [2.05, 4.69) is 32.8 Å². The molecule has 2 aliphatic rings. The van der Waals surface area contributed by atoms with Gasteiger partial charge < -0.3 is 10.2 Å². The number of nitrogens with one attached hydrogen (secondary N) is 1. The van der Waals surface area contributed by atoms with Crippen LogP contribution in [0.3, 0.4) is 0 Å². The third kappa shape index (κ3) is 2.72. The molecule has 18 heavy (non-hydrogen) atoms. The van der Waals surface area contributed by atoms with Crippen LogP contribution in [-0.2, 0) is 0 Å². The number of amides is 1. The third-order valence-corrected chi connectivity index (χ3v) is 5.77. The molecule has 3 rings (SSSR count). The van der Waals surface area contributed by atoms with E-state index in [1.807, 2.05) is 11.4 Å². The standard InChI is InChI=1S/C13H17IN2OS/c14-12-6-9(8-18-12)13(17)15-10-3-5-16-4-1-2-11(16)7-10/h6,8,10-11H,1-5,7H2,(H,15,17). The van der Waals surface area contributed by atoms with Crippen LogP contribution in [0.4, 0.5) is 0 Å². The van der Waals surface area contributed by atoms with Crippen LogP contribution in [0.15, 0.2) is 11.4 Å². The summed E-state index contributed by atoms with van der Waals surface area (Å²) in [6.45, 7) is 2.41. The van der Waals surface area contributed by atoms with E-state index in [-0.39, 0.29) is 5.91 Å². The molecule has 0 saturated carbocycles. The van der Waals surface area contributed by atoms with Gasteiger partial charge in [0.1, 0.15) is 0 Å². The fourth-order valence-electron chi connectivity index (χ4n) is 3.05. The van der Waals surface area contributed by atoms with E-state index in [0.717, 1.165) is 24.9 Å². The molecule has 2 unspecified atom stereocenters. The molecular weight excluding hydrogens is 359 g/mol. The van der Waals surface area contributed by atoms with Crippen molar-refractivity contribution in [2.45, 2.75) is 37.8 Å². The summed E-state index contributed by atoms with van der Waals surface area (Å²) in [5, 5.41) is 5.15. The first-order valence-corrected chi connectivity index (χ1v) is 8.47. The molecule has 2 aliphatic heterocycles. The molecule has 0 spiro atoms. The lowest BCUT2D eigenvalue weighted by Gasteiger charge is -2.35. The number of rotatable bonds is 2. The Labute approximate surface area is 125 Å². The maximum Gasteiger partial charge on any atom is 0.252 e. The first-order valence-electron chi connectivity index (χ1n) is 6.51. The van der Waals surface area contributed by atoms with Crippen molar-refractivity contribution < 1.29 is 4.79 Å². The molecule has 0 bridgehead atoms. The molecule has 2 saturated heterocycles. The van der Waals surface area contributed by atoms with Gasteiger partial charge in [0.05, 0.1) is 8.45 Å². The molecule has 3 heterocycles. The van der Waals surface area contributed by atoms with Crippen LogP contribution < -0.4 is 5.32 Å². The van der Waals surface area contributed by atoms with E-state index in [9.17, 15) is 4.79 Å². The Bertz CT molecular complexity index is 448. The van der Waals surface area contributed by atoms with Crippen molar-refractivity contribution in [1.82, 2.24) is 10.2 Å². The van der Waals surface area contributed by atoms with E-state index < -0.39 is 0 Å². The maximum atomic E-state index is 12.1. The van der Waals surface area contributed by atoms with Gasteiger partial charge in [0.2, 0.25) is 0 Å². The number of hydrogen-bond acceptors (Lipinski definition) is 3. The van der Waals surface area contributed by atoms with Crippen molar-refractivity contribution >= 4 is 39.8 Å². The van der Waals surface area contributed by atoms with Gasteiger partial charge in [-0.25, -0.2) is 0 Å². The van der Waals surface area contributed by atoms with Crippen LogP contribution in [0.5, 0.6) is 0 Å². The highest BCUT2D eigenvalue weighted by atomic mass is 127. The highest BCUT2D eigenvalue weighted by molar-refractivity contribution is 14.1. The Morgan fingerprint density at radius 2 is 2.33 bits per heavy atom. The number of thiophene rings is 1. The Kier molecular flexibility index (Phi) is 3.91. The zero-order valence-corrected chi connectivity index (χ0v) is 13.2. The van der Waals surface area contributed by atoms with Gasteiger partial charge in [0.25, 0.3) is 5.91 Å². The van der Waals surface area contributed by atoms with E-state index >= 15 is 0 Å². The van der Waals surface area contributed by atoms with E-state index in [1.165, 1.54) is 22.3 Å². The molecule has 98 valence electrons. The SMILES string of the molecule is O=C(NC1CCN2CCCC2C1)c1csc(I)c1. The number of nitrogens with zero attached hydrogens (tertiary/aromatic N) is 1. The zero-order chi connectivity index (χ0) is 12.5. The lowest BCUT2D eigenvalue weighted by Crippen LogP contribution is -2.47. The summed E-state index contributed by atoms with van der Waals surface area (Å²) in [5.41, 5.74) is 0.818. The van der Waals surface area contributed by atoms with Gasteiger partial charge in [-0.1, -0.05) is 0 Å². The number of carbonyl (C=O) groups excluding carboxylic acids is 1. The third-order valence-electron chi connectivity index (χ3n) is 3.99. The minimum atomic E-state index is 0.102. The molecule has 3 nitrogen and oxygen atoms in total. The minimum absolute atomic E-state index is 0.102. The van der Waals surface area contributed by atoms with Crippen molar-refractivity contribution in [3.8, 4) is 0 Å². The van der Waals surface area contributed by atoms with Gasteiger partial charge in [-0.05, 0) is 60.9 Å². The molecule has 0 radical (unpaired) electrons. The summed E-state index contributed by atoms with van der Waals surface area (Å²) in [6.07, 6.45) is 4.87. The maximum absolute atomic E-state index is 12.1. The van der Waals surface area contributed by atoms with E-state index in [4.69, 9.17) is 0 Å². The van der Waals surface area contributed by atoms with Crippen LogP contribution >= 0.6 is 33.9 Å². The largest absolute Gasteiger partial charge is 0.349 e. The molecule has 5 heteroatoms. The summed E-state index contributed by atoms with van der Waals surface area (Å²) >= 11 is 3.88. The van der Waals surface area contributed by atoms with Crippen LogP contribution in [-0.4, -0.2) is 36.0 Å². The minimum Gasteiger partial charge on any atom is -0.349 e. The smallest absolute Gasteiger partial charge is 0.252 e. The monoisotopic (exact) mass is 376 g/mol. The van der Waals surface area contributed by atoms with Gasteiger partial charge in [0.15, 0.2) is 0 Å². The summed E-state index contributed by atoms with van der Waals surface area (Å²) < 4.78 is 1.17. The topological polar surface area (TPSA) is 32.3 Å². The molecule has 2 fully saturated rings. The normalized spacial score (nSPS) is 28.1. The van der Waals surface area contributed by atoms with Gasteiger partial charge in [-0.15, -0.1) is 11.3 Å². The second kappa shape index (κ2) is 5.46. The summed E-state index contributed by atoms with van der Waals surface area (Å²) in [6, 6.07) is 3.05. The van der Waals surface area contributed by atoms with Crippen molar-refractivity contribution in [2.75, 3.05) is 13.1 Å². The fraction of sp³-hybridized carbons (Fsp3) is 0.615. The molecule has 2 atom stereocenters. The number of carbonyl (C=O) groups is 1. The Morgan fingerprint density at radius 1 is 1.44 bits per heavy atom. The van der Waals surface area contributed by atoms with Gasteiger partial charge in [-0.3, -0.25) is 4.79 Å². The quantitative estimate of drug-likeness (QED) is 0.806. The fourth-order valence-corrected chi connectivity index (χ4v) is 4.38.